The number of carboxylic acid groups (broad SMARTS) is 2. The molecule has 0 amide bonds. The van der Waals surface area contributed by atoms with Gasteiger partial charge >= 0.3 is 11.9 Å². The van der Waals surface area contributed by atoms with E-state index in [0.29, 0.717) is 10.6 Å². The van der Waals surface area contributed by atoms with E-state index < -0.39 is 11.9 Å². The van der Waals surface area contributed by atoms with Gasteiger partial charge in [0, 0.05) is 23.8 Å². The van der Waals surface area contributed by atoms with Crippen molar-refractivity contribution in [2.45, 2.75) is 13.0 Å². The van der Waals surface area contributed by atoms with E-state index in [9.17, 15) is 14.7 Å². The molecule has 23 heavy (non-hydrogen) atoms. The fraction of sp³-hybridized carbons (Fsp3) is 0.176. The Kier molecular flexibility index (Phi) is 5.60. The molecular formula is C17H16ClNO4. The molecule has 0 bridgehead atoms. The molecule has 0 aliphatic carbocycles. The van der Waals surface area contributed by atoms with Gasteiger partial charge in [0.25, 0.3) is 0 Å². The first kappa shape index (κ1) is 16.8. The molecule has 0 heterocycles. The molecule has 2 aromatic rings. The van der Waals surface area contributed by atoms with Gasteiger partial charge in [0.2, 0.25) is 0 Å². The lowest BCUT2D eigenvalue weighted by atomic mass is 10.1. The Balaban J connectivity index is 2.31. The molecule has 2 aromatic carbocycles. The minimum absolute atomic E-state index is 0.0538. The van der Waals surface area contributed by atoms with E-state index in [2.05, 4.69) is 0 Å². The Bertz CT molecular complexity index is 717. The molecule has 0 spiro atoms. The normalized spacial score (nSPS) is 10.3. The predicted molar refractivity (Wildman–Crippen MR) is 88.2 cm³/mol. The van der Waals surface area contributed by atoms with E-state index >= 15 is 0 Å². The van der Waals surface area contributed by atoms with Gasteiger partial charge in [-0.2, -0.15) is 0 Å². The van der Waals surface area contributed by atoms with Gasteiger partial charge in [-0.1, -0.05) is 35.9 Å². The molecule has 0 unspecified atom stereocenters. The lowest BCUT2D eigenvalue weighted by Crippen LogP contribution is -2.26. The largest absolute Gasteiger partial charge is 0.481 e. The first-order valence-electron chi connectivity index (χ1n) is 7.01. The number of hydrogen-bond acceptors (Lipinski definition) is 3. The summed E-state index contributed by atoms with van der Waals surface area (Å²) < 4.78 is 0. The third-order valence-corrected chi connectivity index (χ3v) is 3.61. The number of carboxylic acids is 2. The van der Waals surface area contributed by atoms with Crippen LogP contribution in [0.2, 0.25) is 5.02 Å². The van der Waals surface area contributed by atoms with Crippen LogP contribution >= 0.6 is 11.6 Å². The zero-order chi connectivity index (χ0) is 16.8. The third-order valence-electron chi connectivity index (χ3n) is 3.38. The number of nitrogens with zero attached hydrogens (tertiary/aromatic N) is 1. The summed E-state index contributed by atoms with van der Waals surface area (Å²) in [5.41, 5.74) is 1.57. The molecule has 2 rings (SSSR count). The molecule has 120 valence electrons. The van der Waals surface area contributed by atoms with Crippen molar-refractivity contribution in [3.63, 3.8) is 0 Å². The van der Waals surface area contributed by atoms with E-state index in [0.717, 1.165) is 5.69 Å². The number of aromatic carboxylic acids is 1. The monoisotopic (exact) mass is 333 g/mol. The van der Waals surface area contributed by atoms with Crippen molar-refractivity contribution in [1.82, 2.24) is 0 Å². The number of anilines is 1. The lowest BCUT2D eigenvalue weighted by molar-refractivity contribution is -0.136. The number of halogens is 1. The van der Waals surface area contributed by atoms with Crippen molar-refractivity contribution < 1.29 is 19.8 Å². The van der Waals surface area contributed by atoms with Crippen LogP contribution < -0.4 is 4.90 Å². The number of rotatable bonds is 7. The van der Waals surface area contributed by atoms with Crippen molar-refractivity contribution in [3.8, 4) is 0 Å². The minimum atomic E-state index is -1.01. The summed E-state index contributed by atoms with van der Waals surface area (Å²) in [6.07, 6.45) is -0.0538. The second-order valence-corrected chi connectivity index (χ2v) is 5.44. The zero-order valence-corrected chi connectivity index (χ0v) is 13.0. The van der Waals surface area contributed by atoms with Gasteiger partial charge in [0.1, 0.15) is 0 Å². The van der Waals surface area contributed by atoms with E-state index in [1.54, 1.807) is 36.4 Å². The molecule has 0 aliphatic heterocycles. The molecule has 5 nitrogen and oxygen atoms in total. The maximum atomic E-state index is 11.3. The lowest BCUT2D eigenvalue weighted by Gasteiger charge is -2.25. The average molecular weight is 334 g/mol. The van der Waals surface area contributed by atoms with E-state index in [1.165, 1.54) is 6.07 Å². The van der Waals surface area contributed by atoms with Gasteiger partial charge in [0.15, 0.2) is 0 Å². The number of benzene rings is 2. The van der Waals surface area contributed by atoms with Gasteiger partial charge in [-0.15, -0.1) is 0 Å². The van der Waals surface area contributed by atoms with Crippen molar-refractivity contribution in [1.29, 1.82) is 0 Å². The summed E-state index contributed by atoms with van der Waals surface area (Å²) in [6, 6.07) is 13.7. The van der Waals surface area contributed by atoms with Gasteiger partial charge in [-0.05, 0) is 29.8 Å². The van der Waals surface area contributed by atoms with Crippen LogP contribution in [-0.4, -0.2) is 28.7 Å². The van der Waals surface area contributed by atoms with Crippen LogP contribution in [0.25, 0.3) is 0 Å². The summed E-state index contributed by atoms with van der Waals surface area (Å²) in [7, 11) is 0. The van der Waals surface area contributed by atoms with Gasteiger partial charge < -0.3 is 15.1 Å². The molecule has 2 N–H and O–H groups in total. The van der Waals surface area contributed by atoms with E-state index in [4.69, 9.17) is 16.7 Å². The van der Waals surface area contributed by atoms with Crippen LogP contribution in [0.15, 0.2) is 48.5 Å². The topological polar surface area (TPSA) is 77.8 Å². The standard InChI is InChI=1S/C17H16ClNO4/c18-13-5-3-6-14(10-13)19(9-8-16(20)21)11-12-4-1-2-7-15(12)17(22)23/h1-7,10H,8-9,11H2,(H,20,21)(H,22,23). The van der Waals surface area contributed by atoms with Gasteiger partial charge in [0.05, 0.1) is 12.0 Å². The molecule has 0 aromatic heterocycles. The van der Waals surface area contributed by atoms with Crippen molar-refractivity contribution in [3.05, 3.63) is 64.7 Å². The number of carbonyl (C=O) groups is 2. The molecule has 0 aliphatic rings. The van der Waals surface area contributed by atoms with Crippen molar-refractivity contribution in [2.24, 2.45) is 0 Å². The molecule has 0 radical (unpaired) electrons. The highest BCUT2D eigenvalue weighted by Gasteiger charge is 2.15. The van der Waals surface area contributed by atoms with Crippen molar-refractivity contribution >= 4 is 29.2 Å². The van der Waals surface area contributed by atoms with E-state index in [1.807, 2.05) is 11.0 Å². The molecule has 0 fully saturated rings. The zero-order valence-electron chi connectivity index (χ0n) is 12.3. The minimum Gasteiger partial charge on any atom is -0.481 e. The first-order valence-corrected chi connectivity index (χ1v) is 7.38. The fourth-order valence-corrected chi connectivity index (χ4v) is 2.46. The molecule has 0 saturated carbocycles. The molecule has 6 heteroatoms. The Morgan fingerprint density at radius 3 is 2.43 bits per heavy atom. The maximum Gasteiger partial charge on any atom is 0.336 e. The average Bonchev–Trinajstić information content (AvgIpc) is 2.51. The highest BCUT2D eigenvalue weighted by Crippen LogP contribution is 2.23. The summed E-state index contributed by atoms with van der Waals surface area (Å²) in [5.74, 6) is -1.92. The summed E-state index contributed by atoms with van der Waals surface area (Å²) in [5, 5.41) is 18.7. The Hall–Kier alpha value is -2.53. The Morgan fingerprint density at radius 1 is 1.04 bits per heavy atom. The van der Waals surface area contributed by atoms with Crippen LogP contribution in [0.1, 0.15) is 22.3 Å². The number of hydrogen-bond donors (Lipinski definition) is 2. The fourth-order valence-electron chi connectivity index (χ4n) is 2.28. The van der Waals surface area contributed by atoms with Crippen molar-refractivity contribution in [2.75, 3.05) is 11.4 Å². The summed E-state index contributed by atoms with van der Waals surface area (Å²) in [4.78, 5) is 24.0. The number of aliphatic carboxylic acids is 1. The first-order chi connectivity index (χ1) is 11.0. The summed E-state index contributed by atoms with van der Waals surface area (Å²) >= 11 is 6.00. The van der Waals surface area contributed by atoms with Gasteiger partial charge in [-0.3, -0.25) is 4.79 Å². The van der Waals surface area contributed by atoms with E-state index in [-0.39, 0.29) is 25.1 Å². The molecule has 0 atom stereocenters. The second-order valence-electron chi connectivity index (χ2n) is 5.01. The summed E-state index contributed by atoms with van der Waals surface area (Å²) in [6.45, 7) is 0.541. The van der Waals surface area contributed by atoms with Gasteiger partial charge in [-0.25, -0.2) is 4.79 Å². The predicted octanol–water partition coefficient (Wildman–Crippen LogP) is 3.52. The SMILES string of the molecule is O=C(O)CCN(Cc1ccccc1C(=O)O)c1cccc(Cl)c1. The van der Waals surface area contributed by atoms with Crippen LogP contribution in [0.4, 0.5) is 5.69 Å². The molecular weight excluding hydrogens is 318 g/mol. The third kappa shape index (κ3) is 4.72. The van der Waals surface area contributed by atoms with Crippen LogP contribution in [0.3, 0.4) is 0 Å². The van der Waals surface area contributed by atoms with Crippen LogP contribution in [0, 0.1) is 0 Å². The second kappa shape index (κ2) is 7.65. The Morgan fingerprint density at radius 2 is 1.78 bits per heavy atom. The quantitative estimate of drug-likeness (QED) is 0.810. The van der Waals surface area contributed by atoms with Crippen LogP contribution in [0.5, 0.6) is 0 Å². The highest BCUT2D eigenvalue weighted by atomic mass is 35.5. The highest BCUT2D eigenvalue weighted by molar-refractivity contribution is 6.30. The molecule has 0 saturated heterocycles. The Labute approximate surface area is 138 Å². The smallest absolute Gasteiger partial charge is 0.336 e. The van der Waals surface area contributed by atoms with Crippen LogP contribution in [-0.2, 0) is 11.3 Å². The maximum absolute atomic E-state index is 11.3.